The quantitative estimate of drug-likeness (QED) is 0.0208. The van der Waals surface area contributed by atoms with E-state index in [0.717, 1.165) is 64.2 Å². The number of hydrogen-bond acceptors (Lipinski definition) is 7. The lowest BCUT2D eigenvalue weighted by Gasteiger charge is -2.19. The average molecular weight is 778 g/mol. The summed E-state index contributed by atoms with van der Waals surface area (Å²) < 4.78 is 33.1. The fourth-order valence-electron chi connectivity index (χ4n) is 5.58. The van der Waals surface area contributed by atoms with Crippen LogP contribution in [-0.2, 0) is 27.9 Å². The van der Waals surface area contributed by atoms with Crippen LogP contribution in [0.25, 0.3) is 0 Å². The van der Waals surface area contributed by atoms with E-state index in [2.05, 4.69) is 74.6 Å². The molecule has 9 heteroatoms. The Morgan fingerprint density at radius 3 is 1.57 bits per heavy atom. The lowest BCUT2D eigenvalue weighted by atomic mass is 10.0. The highest BCUT2D eigenvalue weighted by Gasteiger charge is 2.25. The minimum atomic E-state index is -4.30. The smallest absolute Gasteiger partial charge is 0.472 e. The van der Waals surface area contributed by atoms with Gasteiger partial charge in [0.1, 0.15) is 6.61 Å². The predicted octanol–water partition coefficient (Wildman–Crippen LogP) is 13.1. The molecule has 0 aliphatic carbocycles. The van der Waals surface area contributed by atoms with Crippen molar-refractivity contribution in [3.8, 4) is 0 Å². The van der Waals surface area contributed by atoms with Crippen molar-refractivity contribution in [2.75, 3.05) is 26.4 Å². The van der Waals surface area contributed by atoms with E-state index in [9.17, 15) is 14.3 Å². The molecule has 54 heavy (non-hydrogen) atoms. The Balaban J connectivity index is 4.17. The SMILES string of the molecule is CCC=CCC=CCC=CCC=CCC=CCCCCCC(=O)OC(COC=CCCCCCCCCCCCCCCCC)COP(=O)(O)OCCN. The Morgan fingerprint density at radius 2 is 1.06 bits per heavy atom. The Kier molecular flexibility index (Phi) is 40.2. The van der Waals surface area contributed by atoms with Crippen LogP contribution in [0, 0.1) is 0 Å². The number of ether oxygens (including phenoxy) is 2. The van der Waals surface area contributed by atoms with Gasteiger partial charge in [-0.25, -0.2) is 4.57 Å². The Bertz CT molecular complexity index is 1050. The van der Waals surface area contributed by atoms with Crippen LogP contribution < -0.4 is 5.73 Å². The monoisotopic (exact) mass is 778 g/mol. The zero-order valence-corrected chi connectivity index (χ0v) is 35.3. The molecule has 2 unspecified atom stereocenters. The van der Waals surface area contributed by atoms with Gasteiger partial charge < -0.3 is 20.1 Å². The molecule has 0 amide bonds. The molecule has 0 aromatic carbocycles. The van der Waals surface area contributed by atoms with Crippen molar-refractivity contribution in [2.24, 2.45) is 5.73 Å². The molecule has 312 valence electrons. The van der Waals surface area contributed by atoms with Gasteiger partial charge in [-0.1, -0.05) is 164 Å². The van der Waals surface area contributed by atoms with Crippen molar-refractivity contribution in [1.82, 2.24) is 0 Å². The van der Waals surface area contributed by atoms with Gasteiger partial charge in [-0.2, -0.15) is 0 Å². The van der Waals surface area contributed by atoms with Crippen molar-refractivity contribution in [2.45, 2.75) is 180 Å². The summed E-state index contributed by atoms with van der Waals surface area (Å²) >= 11 is 0. The number of phosphoric ester groups is 1. The Labute approximate surface area is 331 Å². The zero-order chi connectivity index (χ0) is 39.5. The number of rotatable bonds is 40. The Morgan fingerprint density at radius 1 is 0.593 bits per heavy atom. The summed E-state index contributed by atoms with van der Waals surface area (Å²) in [5, 5.41) is 0. The molecule has 0 heterocycles. The Hall–Kier alpha value is -2.22. The average Bonchev–Trinajstić information content (AvgIpc) is 3.16. The third kappa shape index (κ3) is 41.0. The van der Waals surface area contributed by atoms with E-state index in [0.29, 0.717) is 6.42 Å². The second-order valence-electron chi connectivity index (χ2n) is 13.9. The van der Waals surface area contributed by atoms with Crippen molar-refractivity contribution < 1.29 is 32.8 Å². The van der Waals surface area contributed by atoms with Crippen molar-refractivity contribution in [3.05, 3.63) is 73.1 Å². The van der Waals surface area contributed by atoms with E-state index >= 15 is 0 Å². The fourth-order valence-corrected chi connectivity index (χ4v) is 6.34. The molecule has 0 aliphatic rings. The fraction of sp³-hybridized carbons (Fsp3) is 0.711. The van der Waals surface area contributed by atoms with E-state index in [-0.39, 0.29) is 38.8 Å². The molecule has 0 saturated heterocycles. The van der Waals surface area contributed by atoms with Crippen LogP contribution in [-0.4, -0.2) is 43.3 Å². The van der Waals surface area contributed by atoms with E-state index < -0.39 is 13.9 Å². The largest absolute Gasteiger partial charge is 0.498 e. The van der Waals surface area contributed by atoms with Gasteiger partial charge in [-0.3, -0.25) is 13.8 Å². The molecule has 0 fully saturated rings. The third-order valence-electron chi connectivity index (χ3n) is 8.70. The van der Waals surface area contributed by atoms with E-state index in [1.54, 1.807) is 6.26 Å². The van der Waals surface area contributed by atoms with E-state index in [1.807, 2.05) is 6.08 Å². The van der Waals surface area contributed by atoms with Crippen molar-refractivity contribution >= 4 is 13.8 Å². The van der Waals surface area contributed by atoms with E-state index in [4.69, 9.17) is 24.3 Å². The van der Waals surface area contributed by atoms with Crippen LogP contribution in [0.2, 0.25) is 0 Å². The second-order valence-corrected chi connectivity index (χ2v) is 15.3. The lowest BCUT2D eigenvalue weighted by Crippen LogP contribution is -2.27. The molecule has 0 radical (unpaired) electrons. The van der Waals surface area contributed by atoms with Gasteiger partial charge in [0.15, 0.2) is 6.10 Å². The minimum Gasteiger partial charge on any atom is -0.498 e. The number of carbonyl (C=O) groups excluding carboxylic acids is 1. The first kappa shape index (κ1) is 51.8. The summed E-state index contributed by atoms with van der Waals surface area (Å²) in [6, 6.07) is 0. The summed E-state index contributed by atoms with van der Waals surface area (Å²) in [6.07, 6.45) is 53.0. The maximum Gasteiger partial charge on any atom is 0.472 e. The molecule has 0 aromatic rings. The molecule has 2 atom stereocenters. The molecule has 0 bridgehead atoms. The normalized spacial score (nSPS) is 14.1. The molecule has 0 saturated carbocycles. The van der Waals surface area contributed by atoms with Gasteiger partial charge in [-0.05, 0) is 70.3 Å². The first-order valence-electron chi connectivity index (χ1n) is 21.5. The van der Waals surface area contributed by atoms with Crippen molar-refractivity contribution in [3.63, 3.8) is 0 Å². The maximum absolute atomic E-state index is 12.6. The zero-order valence-electron chi connectivity index (χ0n) is 34.4. The van der Waals surface area contributed by atoms with Gasteiger partial charge in [0.05, 0.1) is 19.5 Å². The minimum absolute atomic E-state index is 0.0158. The van der Waals surface area contributed by atoms with Crippen LogP contribution >= 0.6 is 7.82 Å². The summed E-state index contributed by atoms with van der Waals surface area (Å²) in [4.78, 5) is 22.4. The first-order chi connectivity index (χ1) is 26.4. The standard InChI is InChI=1S/C45H80NO7P/c1-3-5-7-9-11-13-15-17-19-21-22-23-24-26-28-30-32-34-36-38-45(47)53-44(43-52-54(48,49)51-41-39-46)42-50-40-37-35-33-31-29-27-25-20-18-16-14-12-10-8-6-4-2/h5,7,11,13,17,19,22-23,26,28,37,40,44H,3-4,6,8-10,12,14-16,18,20-21,24-25,27,29-36,38-39,41-43,46H2,1-2H3,(H,48,49). The molecule has 0 spiro atoms. The summed E-state index contributed by atoms with van der Waals surface area (Å²) in [6.45, 7) is 4.08. The van der Waals surface area contributed by atoms with Gasteiger partial charge in [-0.15, -0.1) is 0 Å². The van der Waals surface area contributed by atoms with Crippen LogP contribution in [0.5, 0.6) is 0 Å². The number of hydrogen-bond donors (Lipinski definition) is 2. The highest BCUT2D eigenvalue weighted by molar-refractivity contribution is 7.47. The van der Waals surface area contributed by atoms with Crippen LogP contribution in [0.4, 0.5) is 0 Å². The number of nitrogens with two attached hydrogens (primary N) is 1. The molecule has 0 rings (SSSR count). The second kappa shape index (κ2) is 41.9. The number of unbranched alkanes of at least 4 members (excludes halogenated alkanes) is 17. The number of phosphoric acid groups is 1. The van der Waals surface area contributed by atoms with Crippen LogP contribution in [0.3, 0.4) is 0 Å². The highest BCUT2D eigenvalue weighted by atomic mass is 31.2. The van der Waals surface area contributed by atoms with Gasteiger partial charge in [0.25, 0.3) is 0 Å². The third-order valence-corrected chi connectivity index (χ3v) is 9.69. The predicted molar refractivity (Wildman–Crippen MR) is 228 cm³/mol. The number of allylic oxidation sites excluding steroid dienone is 11. The number of carbonyl (C=O) groups is 1. The van der Waals surface area contributed by atoms with Crippen LogP contribution in [0.1, 0.15) is 174 Å². The summed E-state index contributed by atoms with van der Waals surface area (Å²) in [5.74, 6) is -0.385. The van der Waals surface area contributed by atoms with Gasteiger partial charge >= 0.3 is 13.8 Å². The van der Waals surface area contributed by atoms with Gasteiger partial charge in [0.2, 0.25) is 0 Å². The molecular formula is C45H80NO7P. The molecule has 0 aromatic heterocycles. The summed E-state index contributed by atoms with van der Waals surface area (Å²) in [7, 11) is -4.30. The van der Waals surface area contributed by atoms with Gasteiger partial charge in [0, 0.05) is 13.0 Å². The number of esters is 1. The topological polar surface area (TPSA) is 117 Å². The maximum atomic E-state index is 12.6. The molecule has 3 N–H and O–H groups in total. The molecular weight excluding hydrogens is 697 g/mol. The first-order valence-corrected chi connectivity index (χ1v) is 23.0. The van der Waals surface area contributed by atoms with E-state index in [1.165, 1.54) is 83.5 Å². The van der Waals surface area contributed by atoms with Crippen molar-refractivity contribution in [1.29, 1.82) is 0 Å². The molecule has 0 aliphatic heterocycles. The highest BCUT2D eigenvalue weighted by Crippen LogP contribution is 2.43. The van der Waals surface area contributed by atoms with Crippen LogP contribution in [0.15, 0.2) is 73.1 Å². The lowest BCUT2D eigenvalue weighted by molar-refractivity contribution is -0.153. The summed E-state index contributed by atoms with van der Waals surface area (Å²) in [5.41, 5.74) is 5.36. The molecule has 8 nitrogen and oxygen atoms in total.